The Hall–Kier alpha value is -2.05. The molecular weight excluding hydrogens is 396 g/mol. The molecule has 30 heavy (non-hydrogen) atoms. The van der Waals surface area contributed by atoms with Crippen LogP contribution < -0.4 is 14.8 Å². The van der Waals surface area contributed by atoms with Crippen LogP contribution in [0.4, 0.5) is 0 Å². The number of carbonyl (C=O) groups excluding carboxylic acids is 1. The molecule has 2 aliphatic rings. The Balaban J connectivity index is 1.46. The number of piperidine rings is 1. The molecule has 1 amide bonds. The first kappa shape index (κ1) is 21.2. The highest BCUT2D eigenvalue weighted by Crippen LogP contribution is 2.35. The number of fused-ring (bicyclic) bond motifs is 1. The molecule has 1 fully saturated rings. The quantitative estimate of drug-likeness (QED) is 0.742. The topological polar surface area (TPSA) is 50.8 Å². The lowest BCUT2D eigenvalue weighted by Gasteiger charge is -2.37. The van der Waals surface area contributed by atoms with Crippen molar-refractivity contribution in [2.45, 2.75) is 45.1 Å². The fraction of sp³-hybridized carbons (Fsp3) is 0.542. The van der Waals surface area contributed by atoms with E-state index in [0.29, 0.717) is 19.8 Å². The van der Waals surface area contributed by atoms with Crippen molar-refractivity contribution in [1.29, 1.82) is 0 Å². The van der Waals surface area contributed by atoms with Crippen molar-refractivity contribution in [3.8, 4) is 11.5 Å². The van der Waals surface area contributed by atoms with Crippen LogP contribution in [-0.2, 0) is 10.2 Å². The molecule has 1 saturated heterocycles. The largest absolute Gasteiger partial charge is 0.486 e. The van der Waals surface area contributed by atoms with Gasteiger partial charge in [-0.15, -0.1) is 11.3 Å². The van der Waals surface area contributed by atoms with Gasteiger partial charge in [0.2, 0.25) is 5.91 Å². The van der Waals surface area contributed by atoms with E-state index in [0.717, 1.165) is 36.1 Å². The maximum Gasteiger partial charge on any atom is 0.230 e. The number of carbonyl (C=O) groups is 1. The number of benzene rings is 1. The summed E-state index contributed by atoms with van der Waals surface area (Å²) in [5.41, 5.74) is 0.274. The number of ether oxygens (including phenoxy) is 2. The molecular formula is C24H32N2O3S. The minimum atomic E-state index is -0.660. The van der Waals surface area contributed by atoms with Gasteiger partial charge in [0.15, 0.2) is 11.5 Å². The zero-order valence-corrected chi connectivity index (χ0v) is 19.0. The van der Waals surface area contributed by atoms with Gasteiger partial charge >= 0.3 is 0 Å². The van der Waals surface area contributed by atoms with Crippen LogP contribution >= 0.6 is 11.3 Å². The van der Waals surface area contributed by atoms with E-state index in [4.69, 9.17) is 9.47 Å². The highest BCUT2D eigenvalue weighted by molar-refractivity contribution is 7.10. The smallest absolute Gasteiger partial charge is 0.230 e. The van der Waals surface area contributed by atoms with Crippen molar-refractivity contribution < 1.29 is 14.3 Å². The Morgan fingerprint density at radius 2 is 1.93 bits per heavy atom. The second-order valence-corrected chi connectivity index (χ2v) is 9.92. The highest BCUT2D eigenvalue weighted by atomic mass is 32.1. The Morgan fingerprint density at radius 1 is 1.20 bits per heavy atom. The zero-order chi connectivity index (χ0) is 21.1. The molecule has 1 aromatic heterocycles. The van der Waals surface area contributed by atoms with Crippen LogP contribution in [0.3, 0.4) is 0 Å². The first-order valence-corrected chi connectivity index (χ1v) is 11.8. The van der Waals surface area contributed by atoms with Gasteiger partial charge in [0, 0.05) is 11.4 Å². The predicted molar refractivity (Wildman–Crippen MR) is 120 cm³/mol. The molecule has 162 valence electrons. The van der Waals surface area contributed by atoms with Crippen molar-refractivity contribution in [3.63, 3.8) is 0 Å². The Labute approximate surface area is 183 Å². The maximum atomic E-state index is 13.2. The van der Waals surface area contributed by atoms with Crippen molar-refractivity contribution >= 4 is 17.2 Å². The summed E-state index contributed by atoms with van der Waals surface area (Å²) in [5, 5.41) is 5.37. The van der Waals surface area contributed by atoms with Gasteiger partial charge in [-0.1, -0.05) is 19.1 Å². The van der Waals surface area contributed by atoms with E-state index >= 15 is 0 Å². The summed E-state index contributed by atoms with van der Waals surface area (Å²) in [7, 11) is 0. The van der Waals surface area contributed by atoms with Crippen molar-refractivity contribution in [2.75, 3.05) is 32.8 Å². The van der Waals surface area contributed by atoms with Gasteiger partial charge in [0.25, 0.3) is 0 Å². The first-order valence-electron chi connectivity index (χ1n) is 10.9. The molecule has 4 rings (SSSR count). The fourth-order valence-corrected chi connectivity index (χ4v) is 5.07. The predicted octanol–water partition coefficient (Wildman–Crippen LogP) is 4.39. The number of nitrogens with one attached hydrogen (secondary N) is 1. The molecule has 1 atom stereocenters. The van der Waals surface area contributed by atoms with Crippen molar-refractivity contribution in [3.05, 3.63) is 46.2 Å². The van der Waals surface area contributed by atoms with Crippen LogP contribution in [0.5, 0.6) is 11.5 Å². The lowest BCUT2D eigenvalue weighted by molar-refractivity contribution is -0.126. The van der Waals surface area contributed by atoms with E-state index in [1.165, 1.54) is 17.7 Å². The minimum Gasteiger partial charge on any atom is -0.486 e. The number of rotatable bonds is 6. The third-order valence-corrected chi connectivity index (χ3v) is 7.39. The van der Waals surface area contributed by atoms with Gasteiger partial charge in [-0.2, -0.15) is 0 Å². The lowest BCUT2D eigenvalue weighted by atomic mass is 9.83. The number of nitrogens with zero attached hydrogens (tertiary/aromatic N) is 1. The Kier molecular flexibility index (Phi) is 6.34. The molecule has 0 bridgehead atoms. The van der Waals surface area contributed by atoms with Crippen LogP contribution in [0.2, 0.25) is 0 Å². The van der Waals surface area contributed by atoms with Gasteiger partial charge in [-0.25, -0.2) is 0 Å². The first-order chi connectivity index (χ1) is 14.4. The average Bonchev–Trinajstić information content (AvgIpc) is 3.29. The summed E-state index contributed by atoms with van der Waals surface area (Å²) in [5.74, 6) is 2.29. The van der Waals surface area contributed by atoms with E-state index < -0.39 is 5.41 Å². The van der Waals surface area contributed by atoms with Crippen LogP contribution in [0, 0.1) is 5.92 Å². The standard InChI is InChI=1S/C24H32N2O3S/c1-17-8-10-26(11-9-17)19(22-5-4-14-30-22)16-25-23(27)24(2,3)18-6-7-20-21(15-18)29-13-12-28-20/h4-7,14-15,17,19H,8-13,16H2,1-3H3,(H,25,27). The summed E-state index contributed by atoms with van der Waals surface area (Å²) in [6.07, 6.45) is 2.44. The molecule has 1 N–H and O–H groups in total. The summed E-state index contributed by atoms with van der Waals surface area (Å²) in [4.78, 5) is 17.1. The van der Waals surface area contributed by atoms with E-state index in [1.807, 2.05) is 32.0 Å². The zero-order valence-electron chi connectivity index (χ0n) is 18.1. The second kappa shape index (κ2) is 8.98. The third-order valence-electron chi connectivity index (χ3n) is 6.42. The molecule has 2 aliphatic heterocycles. The molecule has 0 saturated carbocycles. The summed E-state index contributed by atoms with van der Waals surface area (Å²) < 4.78 is 11.3. The monoisotopic (exact) mass is 428 g/mol. The molecule has 6 heteroatoms. The summed E-state index contributed by atoms with van der Waals surface area (Å²) in [6, 6.07) is 10.3. The molecule has 5 nitrogen and oxygen atoms in total. The molecule has 0 spiro atoms. The van der Waals surface area contributed by atoms with Gasteiger partial charge in [0.05, 0.1) is 11.5 Å². The molecule has 3 heterocycles. The van der Waals surface area contributed by atoms with E-state index in [1.54, 1.807) is 11.3 Å². The molecule has 1 aromatic carbocycles. The van der Waals surface area contributed by atoms with Gasteiger partial charge in [-0.3, -0.25) is 9.69 Å². The number of likely N-dealkylation sites (tertiary alicyclic amines) is 1. The Bertz CT molecular complexity index is 857. The van der Waals surface area contributed by atoms with Crippen LogP contribution in [0.1, 0.15) is 50.1 Å². The molecule has 1 unspecified atom stereocenters. The van der Waals surface area contributed by atoms with E-state index in [-0.39, 0.29) is 11.9 Å². The van der Waals surface area contributed by atoms with Crippen LogP contribution in [0.25, 0.3) is 0 Å². The normalized spacial score (nSPS) is 18.8. The average molecular weight is 429 g/mol. The van der Waals surface area contributed by atoms with Crippen LogP contribution in [0.15, 0.2) is 35.7 Å². The molecule has 0 aliphatic carbocycles. The third kappa shape index (κ3) is 4.49. The van der Waals surface area contributed by atoms with E-state index in [2.05, 4.69) is 34.7 Å². The van der Waals surface area contributed by atoms with Gasteiger partial charge in [0.1, 0.15) is 13.2 Å². The van der Waals surface area contributed by atoms with Gasteiger partial charge in [-0.05, 0) is 74.8 Å². The number of hydrogen-bond acceptors (Lipinski definition) is 5. The fourth-order valence-electron chi connectivity index (χ4n) is 4.20. The van der Waals surface area contributed by atoms with Crippen molar-refractivity contribution in [1.82, 2.24) is 10.2 Å². The van der Waals surface area contributed by atoms with E-state index in [9.17, 15) is 4.79 Å². The minimum absolute atomic E-state index is 0.0334. The van der Waals surface area contributed by atoms with Gasteiger partial charge < -0.3 is 14.8 Å². The highest BCUT2D eigenvalue weighted by Gasteiger charge is 2.33. The molecule has 2 aromatic rings. The maximum absolute atomic E-state index is 13.2. The lowest BCUT2D eigenvalue weighted by Crippen LogP contribution is -2.46. The number of thiophene rings is 1. The second-order valence-electron chi connectivity index (χ2n) is 8.94. The Morgan fingerprint density at radius 3 is 2.63 bits per heavy atom. The number of hydrogen-bond donors (Lipinski definition) is 1. The van der Waals surface area contributed by atoms with Crippen molar-refractivity contribution in [2.24, 2.45) is 5.92 Å². The molecule has 0 radical (unpaired) electrons. The summed E-state index contributed by atoms with van der Waals surface area (Å²) in [6.45, 7) is 10.2. The number of amides is 1. The SMILES string of the molecule is CC1CCN(C(CNC(=O)C(C)(C)c2ccc3c(c2)OCCO3)c2cccs2)CC1. The summed E-state index contributed by atoms with van der Waals surface area (Å²) >= 11 is 1.77. The van der Waals surface area contributed by atoms with Crippen LogP contribution in [-0.4, -0.2) is 43.7 Å².